The first-order valence-corrected chi connectivity index (χ1v) is 14.3. The Morgan fingerprint density at radius 1 is 0.821 bits per heavy atom. The number of carbonyl (C=O) groups excluding carboxylic acids is 1. The minimum Gasteiger partial charge on any atom is -0.493 e. The first-order valence-electron chi connectivity index (χ1n) is 14.3. The molecule has 0 spiro atoms. The first kappa shape index (κ1) is 27.4. The van der Waals surface area contributed by atoms with E-state index in [1.54, 1.807) is 24.3 Å². The number of carbonyl (C=O) groups is 1. The fraction of sp³-hybridized carbons (Fsp3) is 0.424. The predicted molar refractivity (Wildman–Crippen MR) is 152 cm³/mol. The van der Waals surface area contributed by atoms with Crippen molar-refractivity contribution < 1.29 is 19.4 Å². The number of aliphatic hydroxyl groups is 1. The second-order valence-electron chi connectivity index (χ2n) is 10.9. The van der Waals surface area contributed by atoms with E-state index >= 15 is 0 Å². The third kappa shape index (κ3) is 7.07. The van der Waals surface area contributed by atoms with Crippen molar-refractivity contribution >= 4 is 5.97 Å². The molecule has 0 aromatic heterocycles. The van der Waals surface area contributed by atoms with Crippen molar-refractivity contribution in [2.24, 2.45) is 11.8 Å². The van der Waals surface area contributed by atoms with Gasteiger partial charge in [-0.15, -0.1) is 0 Å². The van der Waals surface area contributed by atoms with Gasteiger partial charge < -0.3 is 19.9 Å². The summed E-state index contributed by atoms with van der Waals surface area (Å²) in [4.78, 5) is 16.0. The van der Waals surface area contributed by atoms with E-state index in [0.29, 0.717) is 36.0 Å². The minimum absolute atomic E-state index is 0.278. The van der Waals surface area contributed by atoms with E-state index in [9.17, 15) is 9.90 Å². The lowest BCUT2D eigenvalue weighted by molar-refractivity contribution is -0.164. The Labute approximate surface area is 232 Å². The first-order chi connectivity index (χ1) is 19.1. The van der Waals surface area contributed by atoms with Gasteiger partial charge in [-0.25, -0.2) is 4.79 Å². The fourth-order valence-corrected chi connectivity index (χ4v) is 5.61. The van der Waals surface area contributed by atoms with Crippen molar-refractivity contribution in [1.29, 1.82) is 0 Å². The molecule has 0 radical (unpaired) electrons. The largest absolute Gasteiger partial charge is 0.493 e. The van der Waals surface area contributed by atoms with Crippen LogP contribution in [0.3, 0.4) is 0 Å². The normalized spacial score (nSPS) is 18.8. The highest BCUT2D eigenvalue weighted by molar-refractivity contribution is 5.85. The van der Waals surface area contributed by atoms with Crippen LogP contribution in [0.15, 0.2) is 84.9 Å². The molecule has 6 heteroatoms. The summed E-state index contributed by atoms with van der Waals surface area (Å²) in [6.45, 7) is 5.84. The van der Waals surface area contributed by atoms with E-state index in [1.165, 1.54) is 5.56 Å². The number of hydrogen-bond acceptors (Lipinski definition) is 6. The summed E-state index contributed by atoms with van der Waals surface area (Å²) in [5, 5.41) is 15.3. The Bertz CT molecular complexity index is 1170. The van der Waals surface area contributed by atoms with Gasteiger partial charge in [0.05, 0.1) is 13.2 Å². The Morgan fingerprint density at radius 3 is 2.18 bits per heavy atom. The van der Waals surface area contributed by atoms with Gasteiger partial charge in [0.2, 0.25) is 5.60 Å². The smallest absolute Gasteiger partial charge is 0.347 e. The second kappa shape index (κ2) is 13.2. The highest BCUT2D eigenvalue weighted by atomic mass is 16.5. The van der Waals surface area contributed by atoms with Gasteiger partial charge in [-0.2, -0.15) is 0 Å². The van der Waals surface area contributed by atoms with Gasteiger partial charge in [-0.3, -0.25) is 4.90 Å². The zero-order valence-corrected chi connectivity index (χ0v) is 22.6. The molecule has 39 heavy (non-hydrogen) atoms. The molecule has 0 aliphatic carbocycles. The van der Waals surface area contributed by atoms with Gasteiger partial charge in [-0.05, 0) is 87.0 Å². The fourth-order valence-electron chi connectivity index (χ4n) is 5.61. The van der Waals surface area contributed by atoms with Crippen LogP contribution in [0.5, 0.6) is 5.75 Å². The number of benzene rings is 3. The summed E-state index contributed by atoms with van der Waals surface area (Å²) >= 11 is 0. The highest BCUT2D eigenvalue weighted by Gasteiger charge is 2.42. The molecule has 2 heterocycles. The molecule has 2 fully saturated rings. The van der Waals surface area contributed by atoms with Crippen LogP contribution >= 0.6 is 0 Å². The number of likely N-dealkylation sites (tertiary alicyclic amines) is 1. The van der Waals surface area contributed by atoms with Crippen LogP contribution < -0.4 is 10.1 Å². The van der Waals surface area contributed by atoms with Crippen molar-refractivity contribution in [1.82, 2.24) is 10.2 Å². The van der Waals surface area contributed by atoms with Crippen molar-refractivity contribution in [2.75, 3.05) is 39.4 Å². The van der Waals surface area contributed by atoms with Gasteiger partial charge in [0.1, 0.15) is 5.75 Å². The maximum atomic E-state index is 13.6. The van der Waals surface area contributed by atoms with E-state index < -0.39 is 11.6 Å². The van der Waals surface area contributed by atoms with Gasteiger partial charge in [-0.1, -0.05) is 72.8 Å². The summed E-state index contributed by atoms with van der Waals surface area (Å²) in [6, 6.07) is 26.8. The molecule has 2 aliphatic heterocycles. The number of hydrogen-bond donors (Lipinski definition) is 2. The van der Waals surface area contributed by atoms with Crippen LogP contribution in [0.2, 0.25) is 0 Å². The third-order valence-electron chi connectivity index (χ3n) is 8.09. The van der Waals surface area contributed by atoms with Crippen LogP contribution in [0.1, 0.15) is 42.4 Å². The number of nitrogens with zero attached hydrogens (tertiary/aromatic N) is 1. The molecule has 0 amide bonds. The van der Waals surface area contributed by atoms with Gasteiger partial charge >= 0.3 is 5.97 Å². The summed E-state index contributed by atoms with van der Waals surface area (Å²) in [7, 11) is 0. The Hall–Kier alpha value is -3.19. The molecule has 0 bridgehead atoms. The second-order valence-corrected chi connectivity index (χ2v) is 10.9. The summed E-state index contributed by atoms with van der Waals surface area (Å²) in [6.07, 6.45) is 4.10. The molecule has 2 aliphatic rings. The monoisotopic (exact) mass is 528 g/mol. The summed E-state index contributed by atoms with van der Waals surface area (Å²) in [5.41, 5.74) is 0.350. The summed E-state index contributed by atoms with van der Waals surface area (Å²) in [5.74, 6) is 0.794. The molecule has 3 aromatic rings. The molecular formula is C33H40N2O4. The SMILES string of the molecule is O=C(OCC1CCN(Cc2ccccc2)CC1)C(O)(c1ccccc1)c1cccc(OCC2CCNCC2)c1. The zero-order chi connectivity index (χ0) is 26.9. The molecule has 1 unspecified atom stereocenters. The number of piperidine rings is 2. The average molecular weight is 529 g/mol. The molecule has 6 nitrogen and oxygen atoms in total. The third-order valence-corrected chi connectivity index (χ3v) is 8.09. The maximum Gasteiger partial charge on any atom is 0.347 e. The van der Waals surface area contributed by atoms with Crippen molar-refractivity contribution in [3.63, 3.8) is 0 Å². The molecule has 5 rings (SSSR count). The van der Waals surface area contributed by atoms with Crippen molar-refractivity contribution in [2.45, 2.75) is 37.8 Å². The molecule has 3 aromatic carbocycles. The van der Waals surface area contributed by atoms with Crippen molar-refractivity contribution in [3.05, 3.63) is 102 Å². The number of ether oxygens (including phenoxy) is 2. The predicted octanol–water partition coefficient (Wildman–Crippen LogP) is 4.76. The van der Waals surface area contributed by atoms with E-state index in [0.717, 1.165) is 58.4 Å². The van der Waals surface area contributed by atoms with Gasteiger partial charge in [0.15, 0.2) is 0 Å². The number of esters is 1. The molecule has 2 N–H and O–H groups in total. The van der Waals surface area contributed by atoms with Crippen LogP contribution in [-0.2, 0) is 21.7 Å². The summed E-state index contributed by atoms with van der Waals surface area (Å²) < 4.78 is 12.0. The van der Waals surface area contributed by atoms with Crippen molar-refractivity contribution in [3.8, 4) is 5.75 Å². The number of nitrogens with one attached hydrogen (secondary N) is 1. The van der Waals surface area contributed by atoms with Gasteiger partial charge in [0, 0.05) is 12.1 Å². The Morgan fingerprint density at radius 2 is 1.46 bits per heavy atom. The molecule has 1 atom stereocenters. The Balaban J connectivity index is 1.23. The Kier molecular flexibility index (Phi) is 9.30. The van der Waals surface area contributed by atoms with Crippen LogP contribution in [0.25, 0.3) is 0 Å². The molecule has 0 saturated carbocycles. The van der Waals surface area contributed by atoms with E-state index in [1.807, 2.05) is 36.4 Å². The quantitative estimate of drug-likeness (QED) is 0.370. The molecular weight excluding hydrogens is 488 g/mol. The molecule has 2 saturated heterocycles. The lowest BCUT2D eigenvalue weighted by Crippen LogP contribution is -2.40. The van der Waals surface area contributed by atoms with E-state index in [2.05, 4.69) is 34.5 Å². The van der Waals surface area contributed by atoms with E-state index in [-0.39, 0.29) is 5.92 Å². The van der Waals surface area contributed by atoms with Crippen LogP contribution in [-0.4, -0.2) is 55.4 Å². The van der Waals surface area contributed by atoms with Gasteiger partial charge in [0.25, 0.3) is 0 Å². The van der Waals surface area contributed by atoms with Crippen LogP contribution in [0, 0.1) is 11.8 Å². The molecule has 206 valence electrons. The average Bonchev–Trinajstić information content (AvgIpc) is 3.01. The lowest BCUT2D eigenvalue weighted by atomic mass is 9.86. The van der Waals surface area contributed by atoms with E-state index in [4.69, 9.17) is 9.47 Å². The highest BCUT2D eigenvalue weighted by Crippen LogP contribution is 2.34. The minimum atomic E-state index is -1.91. The zero-order valence-electron chi connectivity index (χ0n) is 22.6. The maximum absolute atomic E-state index is 13.6. The standard InChI is InChI=1S/C33H40N2O4/c36-32(39-25-28-16-20-35(21-17-28)23-26-8-3-1-4-9-26)33(37,29-10-5-2-6-11-29)30-12-7-13-31(22-30)38-24-27-14-18-34-19-15-27/h1-13,22,27-28,34,37H,14-21,23-25H2. The lowest BCUT2D eigenvalue weighted by Gasteiger charge is -2.33. The van der Waals surface area contributed by atoms with Crippen LogP contribution in [0.4, 0.5) is 0 Å². The topological polar surface area (TPSA) is 71.0 Å². The number of rotatable bonds is 10.